The van der Waals surface area contributed by atoms with Crippen LogP contribution in [-0.4, -0.2) is 31.5 Å². The van der Waals surface area contributed by atoms with E-state index in [1.807, 2.05) is 18.4 Å². The van der Waals surface area contributed by atoms with Gasteiger partial charge in [0.05, 0.1) is 6.20 Å². The van der Waals surface area contributed by atoms with Crippen LogP contribution in [0.1, 0.15) is 51.1 Å². The number of nitrogens with two attached hydrogens (primary N) is 1. The zero-order valence-corrected chi connectivity index (χ0v) is 18.3. The van der Waals surface area contributed by atoms with Crippen molar-refractivity contribution < 1.29 is 13.6 Å². The Hall–Kier alpha value is -3.30. The summed E-state index contributed by atoms with van der Waals surface area (Å²) in [5.74, 6) is -1.15. The third-order valence-corrected chi connectivity index (χ3v) is 5.74. The number of benzene rings is 1. The number of halogens is 2. The molecule has 0 aliphatic heterocycles. The third-order valence-electron chi connectivity index (χ3n) is 5.74. The molecule has 1 aliphatic carbocycles. The highest BCUT2D eigenvalue weighted by atomic mass is 19.1. The van der Waals surface area contributed by atoms with E-state index in [2.05, 4.69) is 25.6 Å². The highest BCUT2D eigenvalue weighted by Gasteiger charge is 2.29. The highest BCUT2D eigenvalue weighted by molar-refractivity contribution is 5.78. The molecule has 170 valence electrons. The minimum atomic E-state index is -0.702. The average molecular weight is 444 g/mol. The summed E-state index contributed by atoms with van der Waals surface area (Å²) in [6.45, 7) is 5.58. The van der Waals surface area contributed by atoms with E-state index >= 15 is 0 Å². The topological polar surface area (TPSA) is 111 Å². The number of amides is 1. The van der Waals surface area contributed by atoms with Gasteiger partial charge in [-0.15, -0.1) is 0 Å². The van der Waals surface area contributed by atoms with Gasteiger partial charge < -0.3 is 16.4 Å². The molecule has 1 saturated carbocycles. The van der Waals surface area contributed by atoms with Crippen LogP contribution in [0.2, 0.25) is 0 Å². The van der Waals surface area contributed by atoms with Gasteiger partial charge >= 0.3 is 0 Å². The first-order valence-electron chi connectivity index (χ1n) is 10.8. The second-order valence-corrected chi connectivity index (χ2v) is 8.64. The largest absolute Gasteiger partial charge is 0.369 e. The van der Waals surface area contributed by atoms with Gasteiger partial charge in [0.2, 0.25) is 17.8 Å². The predicted octanol–water partition coefficient (Wildman–Crippen LogP) is 4.19. The lowest BCUT2D eigenvalue weighted by molar-refractivity contribution is -0.122. The van der Waals surface area contributed by atoms with E-state index in [4.69, 9.17) is 5.73 Å². The number of imidazole rings is 1. The number of aromatic nitrogens is 4. The molecule has 2 aromatic heterocycles. The van der Waals surface area contributed by atoms with Crippen LogP contribution >= 0.6 is 0 Å². The lowest BCUT2D eigenvalue weighted by Crippen LogP contribution is -2.29. The summed E-state index contributed by atoms with van der Waals surface area (Å²) in [5.41, 5.74) is 6.76. The van der Waals surface area contributed by atoms with Crippen LogP contribution in [0.3, 0.4) is 0 Å². The van der Waals surface area contributed by atoms with Crippen molar-refractivity contribution in [1.82, 2.24) is 19.5 Å². The molecule has 0 unspecified atom stereocenters. The number of primary amides is 1. The van der Waals surface area contributed by atoms with E-state index in [1.54, 1.807) is 13.1 Å². The molecule has 0 atom stereocenters. The molecule has 0 saturated heterocycles. The maximum Gasteiger partial charge on any atom is 0.224 e. The van der Waals surface area contributed by atoms with Crippen LogP contribution in [0.15, 0.2) is 18.3 Å². The smallest absolute Gasteiger partial charge is 0.224 e. The zero-order valence-electron chi connectivity index (χ0n) is 18.3. The summed E-state index contributed by atoms with van der Waals surface area (Å²) in [6, 6.07) is 2.60. The molecule has 2 heterocycles. The molecular formula is C22H27F2N7O. The van der Waals surface area contributed by atoms with E-state index in [-0.39, 0.29) is 35.5 Å². The Labute approximate surface area is 184 Å². The molecule has 4 rings (SSSR count). The van der Waals surface area contributed by atoms with Gasteiger partial charge in [-0.3, -0.25) is 9.36 Å². The molecule has 8 nitrogen and oxygen atoms in total. The molecule has 0 bridgehead atoms. The number of nitrogens with one attached hydrogen (secondary N) is 2. The Balaban J connectivity index is 1.78. The third kappa shape index (κ3) is 4.35. The van der Waals surface area contributed by atoms with Gasteiger partial charge in [0.1, 0.15) is 22.8 Å². The van der Waals surface area contributed by atoms with Gasteiger partial charge in [0.25, 0.3) is 0 Å². The normalized spacial score (nSPS) is 18.8. The molecule has 1 aromatic carbocycles. The number of carbonyl (C=O) groups is 1. The molecule has 0 spiro atoms. The standard InChI is InChI=1S/C22H27F2N7O/c1-11(2)27-21-26-10-17-20(30-21)31(14-6-4-13(5-7-14)19(25)32)22(28-17)29-18-15(23)8-12(3)9-16(18)24/h8-11,13-14H,4-7H2,1-3H3,(H2,25,32)(H,28,29)(H,26,27,30). The quantitative estimate of drug-likeness (QED) is 0.527. The summed E-state index contributed by atoms with van der Waals surface area (Å²) in [7, 11) is 0. The second kappa shape index (κ2) is 8.68. The fourth-order valence-electron chi connectivity index (χ4n) is 4.20. The maximum atomic E-state index is 14.5. The highest BCUT2D eigenvalue weighted by Crippen LogP contribution is 2.37. The van der Waals surface area contributed by atoms with Crippen LogP contribution < -0.4 is 16.4 Å². The molecule has 0 radical (unpaired) electrons. The molecule has 10 heteroatoms. The molecule has 4 N–H and O–H groups in total. The fourth-order valence-corrected chi connectivity index (χ4v) is 4.20. The van der Waals surface area contributed by atoms with Gasteiger partial charge in [0, 0.05) is 18.0 Å². The van der Waals surface area contributed by atoms with Crippen LogP contribution in [0.25, 0.3) is 11.2 Å². The van der Waals surface area contributed by atoms with Crippen LogP contribution in [-0.2, 0) is 4.79 Å². The number of anilines is 3. The molecule has 1 amide bonds. The Morgan fingerprint density at radius 1 is 1.16 bits per heavy atom. The van der Waals surface area contributed by atoms with Gasteiger partial charge in [-0.1, -0.05) is 0 Å². The minimum absolute atomic E-state index is 0.0588. The van der Waals surface area contributed by atoms with Gasteiger partial charge in [-0.2, -0.15) is 4.98 Å². The van der Waals surface area contributed by atoms with Crippen LogP contribution in [0, 0.1) is 24.5 Å². The van der Waals surface area contributed by atoms with Crippen molar-refractivity contribution in [1.29, 1.82) is 0 Å². The summed E-state index contributed by atoms with van der Waals surface area (Å²) in [5, 5.41) is 6.01. The first-order chi connectivity index (χ1) is 15.2. The number of rotatable bonds is 6. The lowest BCUT2D eigenvalue weighted by atomic mass is 9.85. The molecule has 3 aromatic rings. The van der Waals surface area contributed by atoms with Crippen molar-refractivity contribution in [2.24, 2.45) is 11.7 Å². The van der Waals surface area contributed by atoms with E-state index in [0.29, 0.717) is 48.4 Å². The van der Waals surface area contributed by atoms with Crippen LogP contribution in [0.4, 0.5) is 26.4 Å². The van der Waals surface area contributed by atoms with Gasteiger partial charge in [-0.25, -0.2) is 18.7 Å². The minimum Gasteiger partial charge on any atom is -0.369 e. The van der Waals surface area contributed by atoms with Crippen molar-refractivity contribution in [3.63, 3.8) is 0 Å². The monoisotopic (exact) mass is 443 g/mol. The molecule has 1 fully saturated rings. The SMILES string of the molecule is Cc1cc(F)c(Nc2nc3cnc(NC(C)C)nc3n2C2CCC(C(N)=O)CC2)c(F)c1. The predicted molar refractivity (Wildman–Crippen MR) is 119 cm³/mol. The maximum absolute atomic E-state index is 14.5. The average Bonchev–Trinajstić information content (AvgIpc) is 3.07. The Bertz CT molecular complexity index is 1130. The summed E-state index contributed by atoms with van der Waals surface area (Å²) >= 11 is 0. The van der Waals surface area contributed by atoms with E-state index in [1.165, 1.54) is 12.1 Å². The van der Waals surface area contributed by atoms with Crippen LogP contribution in [0.5, 0.6) is 0 Å². The van der Waals surface area contributed by atoms with Crippen molar-refractivity contribution in [2.45, 2.75) is 58.5 Å². The molecule has 1 aliphatic rings. The number of hydrogen-bond donors (Lipinski definition) is 3. The molecule has 32 heavy (non-hydrogen) atoms. The van der Waals surface area contributed by atoms with E-state index in [9.17, 15) is 13.6 Å². The van der Waals surface area contributed by atoms with Crippen molar-refractivity contribution in [3.05, 3.63) is 35.5 Å². The summed E-state index contributed by atoms with van der Waals surface area (Å²) in [4.78, 5) is 25.1. The number of carbonyl (C=O) groups excluding carboxylic acids is 1. The lowest BCUT2D eigenvalue weighted by Gasteiger charge is -2.29. The first-order valence-corrected chi connectivity index (χ1v) is 10.8. The van der Waals surface area contributed by atoms with Gasteiger partial charge in [0.15, 0.2) is 5.65 Å². The zero-order chi connectivity index (χ0) is 23.0. The second-order valence-electron chi connectivity index (χ2n) is 8.64. The first kappa shape index (κ1) is 21.9. The Morgan fingerprint density at radius 3 is 2.41 bits per heavy atom. The van der Waals surface area contributed by atoms with Crippen molar-refractivity contribution in [2.75, 3.05) is 10.6 Å². The summed E-state index contributed by atoms with van der Waals surface area (Å²) in [6.07, 6.45) is 4.20. The number of hydrogen-bond acceptors (Lipinski definition) is 6. The summed E-state index contributed by atoms with van der Waals surface area (Å²) < 4.78 is 30.9. The van der Waals surface area contributed by atoms with E-state index in [0.717, 1.165) is 0 Å². The number of aryl methyl sites for hydroxylation is 1. The van der Waals surface area contributed by atoms with Crippen molar-refractivity contribution in [3.8, 4) is 0 Å². The van der Waals surface area contributed by atoms with E-state index < -0.39 is 11.6 Å². The number of fused-ring (bicyclic) bond motifs is 1. The van der Waals surface area contributed by atoms with Crippen molar-refractivity contribution >= 4 is 34.7 Å². The van der Waals surface area contributed by atoms with Gasteiger partial charge in [-0.05, 0) is 64.2 Å². The Morgan fingerprint density at radius 2 is 1.81 bits per heavy atom. The number of nitrogens with zero attached hydrogens (tertiary/aromatic N) is 4. The molecular weight excluding hydrogens is 416 g/mol. The fraction of sp³-hybridized carbons (Fsp3) is 0.455. The Kier molecular flexibility index (Phi) is 5.94.